The molecule has 0 bridgehead atoms. The third-order valence-corrected chi connectivity index (χ3v) is 2.23. The van der Waals surface area contributed by atoms with Crippen molar-refractivity contribution < 1.29 is 54.5 Å². The minimum Gasteiger partial charge on any atom is -0.858 e. The molecule has 0 aliphatic rings. The number of nitrogens with two attached hydrogens (primary N) is 2. The number of nitrogens with zero attached hydrogens (tertiary/aromatic N) is 6. The third kappa shape index (κ3) is 51.4. The fourth-order valence-corrected chi connectivity index (χ4v) is 1.11. The topological polar surface area (TPSA) is 313 Å². The van der Waals surface area contributed by atoms with E-state index in [2.05, 4.69) is 29.9 Å². The Morgan fingerprint density at radius 1 is 0.765 bits per heavy atom. The van der Waals surface area contributed by atoms with Crippen LogP contribution in [-0.4, -0.2) is 68.1 Å². The van der Waals surface area contributed by atoms with Crippen LogP contribution in [0.4, 0.5) is 0 Å². The van der Waals surface area contributed by atoms with Gasteiger partial charge in [-0.05, 0) is 37.7 Å². The molecule has 18 nitrogen and oxygen atoms in total. The van der Waals surface area contributed by atoms with Crippen LogP contribution in [0.25, 0.3) is 0 Å². The largest absolute Gasteiger partial charge is 2.00 e. The number of imidazole rings is 2. The van der Waals surface area contributed by atoms with E-state index in [9.17, 15) is 10.2 Å². The van der Waals surface area contributed by atoms with Crippen molar-refractivity contribution in [2.24, 2.45) is 21.5 Å². The predicted molar refractivity (Wildman–Crippen MR) is 110 cm³/mol. The van der Waals surface area contributed by atoms with Crippen LogP contribution in [0.3, 0.4) is 0 Å². The van der Waals surface area contributed by atoms with E-state index < -0.39 is 22.0 Å². The van der Waals surface area contributed by atoms with Gasteiger partial charge in [-0.2, -0.15) is 0 Å². The van der Waals surface area contributed by atoms with E-state index in [1.807, 2.05) is 0 Å². The molecule has 0 fully saturated rings. The van der Waals surface area contributed by atoms with Crippen molar-refractivity contribution in [2.75, 3.05) is 26.2 Å². The van der Waals surface area contributed by atoms with Crippen LogP contribution in [0.15, 0.2) is 47.4 Å². The molecule has 6 N–H and O–H groups in total. The molecule has 2 radical (unpaired) electrons. The zero-order chi connectivity index (χ0) is 25.0. The number of nitrogens with one attached hydrogen (secondary N) is 2. The average molecular weight is 587 g/mol. The van der Waals surface area contributed by atoms with Crippen molar-refractivity contribution in [2.45, 2.75) is 12.8 Å². The molecule has 0 spiro atoms. The Bertz CT molecular complexity index is 603. The summed E-state index contributed by atoms with van der Waals surface area (Å²) in [6.07, 6.45) is 11.4. The second-order valence-corrected chi connectivity index (χ2v) is 4.63. The van der Waals surface area contributed by atoms with Crippen molar-refractivity contribution in [3.63, 3.8) is 0 Å². The van der Waals surface area contributed by atoms with Gasteiger partial charge in [-0.25, -0.2) is 9.97 Å². The van der Waals surface area contributed by atoms with Gasteiger partial charge >= 0.3 is 34.1 Å². The summed E-state index contributed by atoms with van der Waals surface area (Å²) >= 11 is 0. The summed E-state index contributed by atoms with van der Waals surface area (Å²) in [4.78, 5) is 36.3. The van der Waals surface area contributed by atoms with Gasteiger partial charge in [-0.3, -0.25) is 0 Å². The number of hydrogen-bond acceptors (Lipinski definition) is 14. The van der Waals surface area contributed by atoms with E-state index in [1.165, 1.54) is 0 Å². The molecule has 200 valence electrons. The predicted octanol–water partition coefficient (Wildman–Crippen LogP) is -2.46. The molecule has 20 heteroatoms. The molecule has 0 aromatic carbocycles. The monoisotopic (exact) mass is 586 g/mol. The quantitative estimate of drug-likeness (QED) is 0.0682. The Kier molecular flexibility index (Phi) is 41.4. The molecule has 2 rings (SSSR count). The second-order valence-electron chi connectivity index (χ2n) is 4.63. The van der Waals surface area contributed by atoms with E-state index >= 15 is 0 Å². The molecule has 2 aromatic rings. The van der Waals surface area contributed by atoms with Crippen LogP contribution in [0.1, 0.15) is 12.8 Å². The SMILES string of the molecule is NCCCN=C([O-])C([O-])=NCCCN.O=[N+]([O-])[O-].O=[N+]([O-])[O-].[Cu+2].[Cu+2].c1c[nH]cn1.c1c[nH]cn1. The fraction of sp³-hybridized carbons (Fsp3) is 0.429. The number of aliphatic imine (C=N–C) groups is 2. The molecule has 34 heavy (non-hydrogen) atoms. The van der Waals surface area contributed by atoms with Gasteiger partial charge in [0.2, 0.25) is 0 Å². The Morgan fingerprint density at radius 2 is 1.06 bits per heavy atom. The third-order valence-electron chi connectivity index (χ3n) is 2.23. The molecule has 0 amide bonds. The first-order valence-electron chi connectivity index (χ1n) is 8.50. The molecular formula is C14H24Cu2N10O8. The standard InChI is InChI=1S/C8H18N4O2.2C3H4N2.2Cu.2NO3/c9-3-1-5-11-7(13)8(14)12-6-2-4-10;2*1-2-5-3-4-1;;;2*2-1(3)4/h1-6,9-10H2,(H,11,13)(H,12,14);2*1-3H,(H,4,5);;;;/q;;;2*+2;2*-1/p-2. The van der Waals surface area contributed by atoms with Crippen LogP contribution in [-0.2, 0) is 34.1 Å². The summed E-state index contributed by atoms with van der Waals surface area (Å²) in [6, 6.07) is 0. The molecule has 0 aliphatic heterocycles. The Balaban J connectivity index is -0.000000115. The van der Waals surface area contributed by atoms with Gasteiger partial charge < -0.3 is 72.3 Å². The van der Waals surface area contributed by atoms with Gasteiger partial charge in [0, 0.05) is 37.9 Å². The van der Waals surface area contributed by atoms with Crippen molar-refractivity contribution in [1.82, 2.24) is 19.9 Å². The van der Waals surface area contributed by atoms with E-state index in [-0.39, 0.29) is 47.2 Å². The van der Waals surface area contributed by atoms with Crippen LogP contribution in [0.2, 0.25) is 0 Å². The molecule has 0 saturated heterocycles. The summed E-state index contributed by atoms with van der Waals surface area (Å²) < 4.78 is 0. The van der Waals surface area contributed by atoms with E-state index in [0.29, 0.717) is 25.9 Å². The van der Waals surface area contributed by atoms with Gasteiger partial charge in [-0.1, -0.05) is 0 Å². The number of hydrogen-bond donors (Lipinski definition) is 4. The van der Waals surface area contributed by atoms with E-state index in [0.717, 1.165) is 0 Å². The van der Waals surface area contributed by atoms with Gasteiger partial charge in [-0.15, -0.1) is 0 Å². The van der Waals surface area contributed by atoms with Gasteiger partial charge in [0.1, 0.15) is 0 Å². The summed E-state index contributed by atoms with van der Waals surface area (Å²) in [6.45, 7) is 1.48. The molecule has 0 aliphatic carbocycles. The van der Waals surface area contributed by atoms with Gasteiger partial charge in [0.05, 0.1) is 22.8 Å². The maximum Gasteiger partial charge on any atom is 2.00 e. The van der Waals surface area contributed by atoms with Crippen LogP contribution in [0.5, 0.6) is 0 Å². The minimum atomic E-state index is -1.75. The number of H-pyrrole nitrogens is 2. The van der Waals surface area contributed by atoms with Crippen molar-refractivity contribution in [3.8, 4) is 0 Å². The molecule has 2 heterocycles. The number of rotatable bonds is 6. The van der Waals surface area contributed by atoms with E-state index in [1.54, 1.807) is 37.4 Å². The summed E-state index contributed by atoms with van der Waals surface area (Å²) in [5.41, 5.74) is 10.4. The zero-order valence-corrected chi connectivity index (χ0v) is 19.3. The van der Waals surface area contributed by atoms with Crippen LogP contribution >= 0.6 is 0 Å². The first kappa shape index (κ1) is 41.0. The van der Waals surface area contributed by atoms with Crippen molar-refractivity contribution in [1.29, 1.82) is 0 Å². The summed E-state index contributed by atoms with van der Waals surface area (Å²) in [5, 5.41) is 51.4. The fourth-order valence-electron chi connectivity index (χ4n) is 1.11. The molecule has 0 saturated carbocycles. The summed E-state index contributed by atoms with van der Waals surface area (Å²) in [7, 11) is 0. The average Bonchev–Trinajstić information content (AvgIpc) is 3.45. The van der Waals surface area contributed by atoms with Crippen molar-refractivity contribution >= 4 is 11.8 Å². The first-order chi connectivity index (χ1) is 15.2. The van der Waals surface area contributed by atoms with Gasteiger partial charge in [0.15, 0.2) is 0 Å². The molecule has 0 unspecified atom stereocenters. The first-order valence-corrected chi connectivity index (χ1v) is 8.50. The summed E-state index contributed by atoms with van der Waals surface area (Å²) in [5.74, 6) is -1.59. The molecular weight excluding hydrogens is 563 g/mol. The molecule has 2 aromatic heterocycles. The Hall–Kier alpha value is -3.28. The smallest absolute Gasteiger partial charge is 0.858 e. The molecule has 0 atom stereocenters. The zero-order valence-electron chi connectivity index (χ0n) is 17.4. The Morgan fingerprint density at radius 3 is 1.21 bits per heavy atom. The van der Waals surface area contributed by atoms with Gasteiger partial charge in [0.25, 0.3) is 0 Å². The maximum atomic E-state index is 10.9. The normalized spacial score (nSPS) is 9.24. The van der Waals surface area contributed by atoms with Crippen LogP contribution in [0, 0.1) is 30.6 Å². The maximum absolute atomic E-state index is 10.9. The number of aromatic amines is 2. The van der Waals surface area contributed by atoms with E-state index in [4.69, 9.17) is 42.1 Å². The Labute approximate surface area is 214 Å². The number of aromatic nitrogens is 4. The minimum absolute atomic E-state index is 0. The second kappa shape index (κ2) is 34.3. The van der Waals surface area contributed by atoms with Crippen molar-refractivity contribution in [3.05, 3.63) is 68.1 Å². The van der Waals surface area contributed by atoms with Crippen LogP contribution < -0.4 is 21.7 Å².